The number of aliphatic hydroxyl groups is 1. The second-order valence-electron chi connectivity index (χ2n) is 4.71. The molecule has 1 rings (SSSR count). The topological polar surface area (TPSA) is 55.8 Å². The van der Waals surface area contributed by atoms with Gasteiger partial charge in [-0.2, -0.15) is 0 Å². The monoisotopic (exact) mass is 244 g/mol. The van der Waals surface area contributed by atoms with Crippen molar-refractivity contribution in [1.29, 1.82) is 0 Å². The third-order valence-corrected chi connectivity index (χ3v) is 3.36. The van der Waals surface area contributed by atoms with Gasteiger partial charge in [-0.05, 0) is 39.5 Å². The highest BCUT2D eigenvalue weighted by Gasteiger charge is 2.34. The molecule has 1 saturated heterocycles. The van der Waals surface area contributed by atoms with Crippen molar-refractivity contribution >= 4 is 5.97 Å². The van der Waals surface area contributed by atoms with Crippen molar-refractivity contribution in [2.45, 2.75) is 64.8 Å². The van der Waals surface area contributed by atoms with Gasteiger partial charge in [0.2, 0.25) is 0 Å². The molecule has 4 atom stereocenters. The average Bonchev–Trinajstić information content (AvgIpc) is 2.76. The van der Waals surface area contributed by atoms with Crippen molar-refractivity contribution in [2.24, 2.45) is 5.92 Å². The molecule has 0 bridgehead atoms. The summed E-state index contributed by atoms with van der Waals surface area (Å²) in [4.78, 5) is 11.6. The largest absolute Gasteiger partial charge is 0.466 e. The summed E-state index contributed by atoms with van der Waals surface area (Å²) >= 11 is 0. The van der Waals surface area contributed by atoms with Crippen LogP contribution in [0.15, 0.2) is 0 Å². The summed E-state index contributed by atoms with van der Waals surface area (Å²) < 4.78 is 10.8. The first kappa shape index (κ1) is 14.5. The van der Waals surface area contributed by atoms with Gasteiger partial charge in [-0.15, -0.1) is 0 Å². The van der Waals surface area contributed by atoms with E-state index in [2.05, 4.69) is 0 Å². The molecular formula is C13H24O4. The summed E-state index contributed by atoms with van der Waals surface area (Å²) in [5.74, 6) is -0.395. The zero-order valence-corrected chi connectivity index (χ0v) is 11.0. The number of carbonyl (C=O) groups is 1. The van der Waals surface area contributed by atoms with Crippen molar-refractivity contribution in [3.63, 3.8) is 0 Å². The molecule has 17 heavy (non-hydrogen) atoms. The van der Waals surface area contributed by atoms with Gasteiger partial charge in [0.05, 0.1) is 30.8 Å². The van der Waals surface area contributed by atoms with Crippen molar-refractivity contribution in [2.75, 3.05) is 6.61 Å². The third-order valence-electron chi connectivity index (χ3n) is 3.36. The molecule has 0 aromatic carbocycles. The van der Waals surface area contributed by atoms with E-state index in [0.717, 1.165) is 19.3 Å². The van der Waals surface area contributed by atoms with Gasteiger partial charge in [-0.25, -0.2) is 0 Å². The predicted molar refractivity (Wildman–Crippen MR) is 64.6 cm³/mol. The number of aliphatic hydroxyl groups excluding tert-OH is 1. The smallest absolute Gasteiger partial charge is 0.311 e. The molecular weight excluding hydrogens is 220 g/mol. The van der Waals surface area contributed by atoms with E-state index in [4.69, 9.17) is 9.47 Å². The molecule has 0 aliphatic carbocycles. The average molecular weight is 244 g/mol. The molecule has 4 heteroatoms. The highest BCUT2D eigenvalue weighted by molar-refractivity contribution is 5.72. The molecule has 1 N–H and O–H groups in total. The van der Waals surface area contributed by atoms with E-state index in [9.17, 15) is 9.90 Å². The lowest BCUT2D eigenvalue weighted by molar-refractivity contribution is -0.152. The van der Waals surface area contributed by atoms with Crippen LogP contribution in [0.2, 0.25) is 0 Å². The number of rotatable bonds is 6. The molecule has 0 amide bonds. The van der Waals surface area contributed by atoms with Gasteiger partial charge in [0.1, 0.15) is 0 Å². The lowest BCUT2D eigenvalue weighted by Crippen LogP contribution is -2.28. The normalized spacial score (nSPS) is 27.8. The van der Waals surface area contributed by atoms with Crippen LogP contribution in [0.4, 0.5) is 0 Å². The molecule has 0 spiro atoms. The van der Waals surface area contributed by atoms with Crippen LogP contribution in [0.3, 0.4) is 0 Å². The van der Waals surface area contributed by atoms with Gasteiger partial charge >= 0.3 is 5.97 Å². The quantitative estimate of drug-likeness (QED) is 0.725. The zero-order valence-electron chi connectivity index (χ0n) is 11.0. The number of carbonyl (C=O) groups excluding carboxylic acids is 1. The Morgan fingerprint density at radius 1 is 1.47 bits per heavy atom. The standard InChI is InChI=1S/C13H24O4/c1-4-10(14)8-11-6-7-12(17-11)9(3)13(15)16-5-2/h9-12,14H,4-8H2,1-3H3. The van der Waals surface area contributed by atoms with Crippen molar-refractivity contribution in [3.8, 4) is 0 Å². The fraction of sp³-hybridized carbons (Fsp3) is 0.923. The van der Waals surface area contributed by atoms with E-state index >= 15 is 0 Å². The van der Waals surface area contributed by atoms with Crippen LogP contribution < -0.4 is 0 Å². The first-order valence-electron chi connectivity index (χ1n) is 6.58. The SMILES string of the molecule is CCOC(=O)C(C)C1CCC(CC(O)CC)O1. The van der Waals surface area contributed by atoms with Crippen LogP contribution in [-0.4, -0.2) is 36.0 Å². The first-order chi connectivity index (χ1) is 8.08. The molecule has 100 valence electrons. The molecule has 1 heterocycles. The van der Waals surface area contributed by atoms with E-state index in [0.29, 0.717) is 13.0 Å². The van der Waals surface area contributed by atoms with Crippen LogP contribution in [-0.2, 0) is 14.3 Å². The lowest BCUT2D eigenvalue weighted by atomic mass is 10.0. The highest BCUT2D eigenvalue weighted by Crippen LogP contribution is 2.28. The number of hydrogen-bond acceptors (Lipinski definition) is 4. The van der Waals surface area contributed by atoms with Crippen LogP contribution in [0.5, 0.6) is 0 Å². The lowest BCUT2D eigenvalue weighted by Gasteiger charge is -2.19. The second-order valence-corrected chi connectivity index (χ2v) is 4.71. The summed E-state index contributed by atoms with van der Waals surface area (Å²) in [7, 11) is 0. The molecule has 4 nitrogen and oxygen atoms in total. The maximum Gasteiger partial charge on any atom is 0.311 e. The van der Waals surface area contributed by atoms with Gasteiger partial charge in [-0.1, -0.05) is 6.92 Å². The Balaban J connectivity index is 2.36. The fourth-order valence-corrected chi connectivity index (χ4v) is 2.17. The first-order valence-corrected chi connectivity index (χ1v) is 6.58. The van der Waals surface area contributed by atoms with Gasteiger partial charge in [0, 0.05) is 0 Å². The number of hydrogen-bond donors (Lipinski definition) is 1. The molecule has 4 unspecified atom stereocenters. The Hall–Kier alpha value is -0.610. The summed E-state index contributed by atoms with van der Waals surface area (Å²) in [6.07, 6.45) is 2.96. The van der Waals surface area contributed by atoms with Crippen molar-refractivity contribution in [1.82, 2.24) is 0 Å². The van der Waals surface area contributed by atoms with E-state index < -0.39 is 0 Å². The van der Waals surface area contributed by atoms with Crippen LogP contribution in [0.1, 0.15) is 46.5 Å². The molecule has 0 saturated carbocycles. The maximum atomic E-state index is 11.6. The Bertz CT molecular complexity index is 242. The highest BCUT2D eigenvalue weighted by atomic mass is 16.5. The minimum absolute atomic E-state index is 0.0527. The molecule has 1 fully saturated rings. The Kier molecular flexibility index (Phi) is 5.92. The second kappa shape index (κ2) is 6.97. The molecule has 0 aromatic heterocycles. The maximum absolute atomic E-state index is 11.6. The van der Waals surface area contributed by atoms with Gasteiger partial charge in [-0.3, -0.25) is 4.79 Å². The molecule has 0 aromatic rings. The predicted octanol–water partition coefficient (Wildman–Crippen LogP) is 1.89. The molecule has 1 aliphatic rings. The Labute approximate surface area is 103 Å². The summed E-state index contributed by atoms with van der Waals surface area (Å²) in [6, 6.07) is 0. The minimum atomic E-state index is -0.295. The Morgan fingerprint density at radius 3 is 2.76 bits per heavy atom. The third kappa shape index (κ3) is 4.28. The van der Waals surface area contributed by atoms with Gasteiger partial charge < -0.3 is 14.6 Å². The summed E-state index contributed by atoms with van der Waals surface area (Å²) in [5.41, 5.74) is 0. The van der Waals surface area contributed by atoms with E-state index in [1.807, 2.05) is 13.8 Å². The molecule has 1 aliphatic heterocycles. The van der Waals surface area contributed by atoms with E-state index in [1.165, 1.54) is 0 Å². The minimum Gasteiger partial charge on any atom is -0.466 e. The molecule has 0 radical (unpaired) electrons. The Morgan fingerprint density at radius 2 is 2.18 bits per heavy atom. The van der Waals surface area contributed by atoms with Crippen molar-refractivity contribution < 1.29 is 19.4 Å². The van der Waals surface area contributed by atoms with E-state index in [1.54, 1.807) is 6.92 Å². The fourth-order valence-electron chi connectivity index (χ4n) is 2.17. The van der Waals surface area contributed by atoms with E-state index in [-0.39, 0.29) is 30.2 Å². The zero-order chi connectivity index (χ0) is 12.8. The summed E-state index contributed by atoms with van der Waals surface area (Å²) in [5, 5.41) is 9.56. The number of esters is 1. The van der Waals surface area contributed by atoms with Gasteiger partial charge in [0.25, 0.3) is 0 Å². The van der Waals surface area contributed by atoms with Crippen LogP contribution >= 0.6 is 0 Å². The number of ether oxygens (including phenoxy) is 2. The summed E-state index contributed by atoms with van der Waals surface area (Å²) in [6.45, 7) is 6.02. The van der Waals surface area contributed by atoms with Crippen LogP contribution in [0, 0.1) is 5.92 Å². The van der Waals surface area contributed by atoms with Crippen molar-refractivity contribution in [3.05, 3.63) is 0 Å². The van der Waals surface area contributed by atoms with Crippen LogP contribution in [0.25, 0.3) is 0 Å². The van der Waals surface area contributed by atoms with Gasteiger partial charge in [0.15, 0.2) is 0 Å².